The zero-order valence-electron chi connectivity index (χ0n) is 14.2. The van der Waals surface area contributed by atoms with Crippen LogP contribution < -0.4 is 9.50 Å². The Hall–Kier alpha value is -2.94. The maximum Gasteiger partial charge on any atom is 0.339 e. The van der Waals surface area contributed by atoms with Gasteiger partial charge in [-0.15, -0.1) is 0 Å². The second-order valence-corrected chi connectivity index (χ2v) is 7.47. The lowest BCUT2D eigenvalue weighted by atomic mass is 10.2. The summed E-state index contributed by atoms with van der Waals surface area (Å²) in [4.78, 5) is 21.7. The molecule has 9 heteroatoms. The van der Waals surface area contributed by atoms with Crippen LogP contribution in [-0.2, 0) is 10.1 Å². The Bertz CT molecular complexity index is 907. The minimum absolute atomic E-state index is 0.00286. The standard InChI is InChI=1S/C17H18N2O6S/c1-12(2)11-18-17(20)13-6-8-15(9-7-13)25-26(23,24)16-5-3-4-14(10-16)19(21)22/h3-10,12H,11H2,1-2H3,(H,18,20). The van der Waals surface area contributed by atoms with E-state index in [0.29, 0.717) is 18.0 Å². The van der Waals surface area contributed by atoms with Gasteiger partial charge in [-0.1, -0.05) is 19.9 Å². The molecule has 2 aromatic rings. The lowest BCUT2D eigenvalue weighted by Crippen LogP contribution is -2.27. The largest absolute Gasteiger partial charge is 0.379 e. The normalized spacial score (nSPS) is 11.2. The molecule has 0 bridgehead atoms. The average Bonchev–Trinajstić information content (AvgIpc) is 2.60. The highest BCUT2D eigenvalue weighted by Crippen LogP contribution is 2.22. The first-order valence-corrected chi connectivity index (χ1v) is 9.17. The highest BCUT2D eigenvalue weighted by atomic mass is 32.2. The number of nitro benzene ring substituents is 1. The highest BCUT2D eigenvalue weighted by molar-refractivity contribution is 7.87. The Kier molecular flexibility index (Phi) is 5.93. The Labute approximate surface area is 151 Å². The minimum atomic E-state index is -4.23. The van der Waals surface area contributed by atoms with Crippen LogP contribution in [0.5, 0.6) is 5.75 Å². The first-order valence-electron chi connectivity index (χ1n) is 7.76. The van der Waals surface area contributed by atoms with Gasteiger partial charge in [0.05, 0.1) is 4.92 Å². The SMILES string of the molecule is CC(C)CNC(=O)c1ccc(OS(=O)(=O)c2cccc([N+](=O)[O-])c2)cc1. The summed E-state index contributed by atoms with van der Waals surface area (Å²) in [5, 5.41) is 13.5. The van der Waals surface area contributed by atoms with E-state index in [1.165, 1.54) is 42.5 Å². The predicted molar refractivity (Wildman–Crippen MR) is 94.5 cm³/mol. The summed E-state index contributed by atoms with van der Waals surface area (Å²) in [6, 6.07) is 10.1. The van der Waals surface area contributed by atoms with Crippen molar-refractivity contribution in [3.05, 3.63) is 64.2 Å². The van der Waals surface area contributed by atoms with Crippen molar-refractivity contribution in [3.8, 4) is 5.75 Å². The Morgan fingerprint density at radius 1 is 1.19 bits per heavy atom. The van der Waals surface area contributed by atoms with E-state index < -0.39 is 15.0 Å². The number of non-ortho nitro benzene ring substituents is 1. The summed E-state index contributed by atoms with van der Waals surface area (Å²) in [6.07, 6.45) is 0. The van der Waals surface area contributed by atoms with E-state index in [0.717, 1.165) is 6.07 Å². The number of hydrogen-bond acceptors (Lipinski definition) is 6. The lowest BCUT2D eigenvalue weighted by Gasteiger charge is -2.09. The first-order chi connectivity index (χ1) is 12.2. The zero-order chi connectivity index (χ0) is 19.3. The molecule has 0 heterocycles. The van der Waals surface area contributed by atoms with Crippen molar-refractivity contribution < 1.29 is 22.3 Å². The van der Waals surface area contributed by atoms with Gasteiger partial charge in [-0.3, -0.25) is 14.9 Å². The molecule has 1 N–H and O–H groups in total. The van der Waals surface area contributed by atoms with Gasteiger partial charge in [0.1, 0.15) is 10.6 Å². The molecule has 2 rings (SSSR count). The van der Waals surface area contributed by atoms with Crippen molar-refractivity contribution in [2.24, 2.45) is 5.92 Å². The van der Waals surface area contributed by atoms with Crippen LogP contribution in [-0.4, -0.2) is 25.8 Å². The van der Waals surface area contributed by atoms with Crippen LogP contribution in [0.25, 0.3) is 0 Å². The molecule has 0 aliphatic heterocycles. The minimum Gasteiger partial charge on any atom is -0.379 e. The fourth-order valence-corrected chi connectivity index (χ4v) is 2.96. The summed E-state index contributed by atoms with van der Waals surface area (Å²) in [7, 11) is -4.23. The van der Waals surface area contributed by atoms with Crippen LogP contribution in [0.2, 0.25) is 0 Å². The number of amides is 1. The summed E-state index contributed by atoms with van der Waals surface area (Å²) in [5.74, 6) is 0.0327. The molecule has 0 aliphatic carbocycles. The van der Waals surface area contributed by atoms with Crippen molar-refractivity contribution in [1.29, 1.82) is 0 Å². The van der Waals surface area contributed by atoms with Gasteiger partial charge >= 0.3 is 10.1 Å². The Morgan fingerprint density at radius 2 is 1.85 bits per heavy atom. The second-order valence-electron chi connectivity index (χ2n) is 5.92. The summed E-state index contributed by atoms with van der Waals surface area (Å²) in [6.45, 7) is 4.46. The summed E-state index contributed by atoms with van der Waals surface area (Å²) < 4.78 is 29.5. The van der Waals surface area contributed by atoms with Crippen LogP contribution in [0.3, 0.4) is 0 Å². The third-order valence-corrected chi connectivity index (χ3v) is 4.55. The van der Waals surface area contributed by atoms with Gasteiger partial charge < -0.3 is 9.50 Å². The fraction of sp³-hybridized carbons (Fsp3) is 0.235. The van der Waals surface area contributed by atoms with Crippen molar-refractivity contribution in [1.82, 2.24) is 5.32 Å². The zero-order valence-corrected chi connectivity index (χ0v) is 15.0. The van der Waals surface area contributed by atoms with Crippen molar-refractivity contribution in [3.63, 3.8) is 0 Å². The molecule has 2 aromatic carbocycles. The molecule has 0 spiro atoms. The number of nitro groups is 1. The van der Waals surface area contributed by atoms with Gasteiger partial charge in [0.15, 0.2) is 0 Å². The molecule has 26 heavy (non-hydrogen) atoms. The molecule has 0 aliphatic rings. The van der Waals surface area contributed by atoms with Gasteiger partial charge in [0, 0.05) is 24.2 Å². The number of nitrogens with one attached hydrogen (secondary N) is 1. The van der Waals surface area contributed by atoms with Gasteiger partial charge in [0.2, 0.25) is 0 Å². The molecule has 0 unspecified atom stereocenters. The number of benzene rings is 2. The van der Waals surface area contributed by atoms with Gasteiger partial charge in [-0.2, -0.15) is 8.42 Å². The molecular formula is C17H18N2O6S. The predicted octanol–water partition coefficient (Wildman–Crippen LogP) is 2.75. The van der Waals surface area contributed by atoms with Gasteiger partial charge in [-0.05, 0) is 36.2 Å². The number of nitrogens with zero attached hydrogens (tertiary/aromatic N) is 1. The smallest absolute Gasteiger partial charge is 0.339 e. The molecule has 0 atom stereocenters. The molecule has 138 valence electrons. The van der Waals surface area contributed by atoms with Crippen LogP contribution >= 0.6 is 0 Å². The van der Waals surface area contributed by atoms with Crippen molar-refractivity contribution in [2.45, 2.75) is 18.7 Å². The van der Waals surface area contributed by atoms with E-state index in [1.807, 2.05) is 13.8 Å². The van der Waals surface area contributed by atoms with Crippen LogP contribution in [0.1, 0.15) is 24.2 Å². The molecule has 0 saturated carbocycles. The van der Waals surface area contributed by atoms with E-state index in [-0.39, 0.29) is 22.2 Å². The second kappa shape index (κ2) is 7.96. The van der Waals surface area contributed by atoms with Gasteiger partial charge in [-0.25, -0.2) is 0 Å². The number of rotatable bonds is 7. The van der Waals surface area contributed by atoms with E-state index in [1.54, 1.807) is 0 Å². The summed E-state index contributed by atoms with van der Waals surface area (Å²) in [5.41, 5.74) is 0.0117. The van der Waals surface area contributed by atoms with Gasteiger partial charge in [0.25, 0.3) is 11.6 Å². The molecule has 0 fully saturated rings. The van der Waals surface area contributed by atoms with E-state index in [9.17, 15) is 23.3 Å². The molecule has 1 amide bonds. The molecule has 0 aromatic heterocycles. The Morgan fingerprint density at radius 3 is 2.42 bits per heavy atom. The topological polar surface area (TPSA) is 116 Å². The molecule has 0 saturated heterocycles. The fourth-order valence-electron chi connectivity index (χ4n) is 1.99. The third kappa shape index (κ3) is 5.03. The van der Waals surface area contributed by atoms with Crippen molar-refractivity contribution in [2.75, 3.05) is 6.54 Å². The average molecular weight is 378 g/mol. The van der Waals surface area contributed by atoms with Crippen LogP contribution in [0, 0.1) is 16.0 Å². The van der Waals surface area contributed by atoms with E-state index in [2.05, 4.69) is 5.32 Å². The number of carbonyl (C=O) groups excluding carboxylic acids is 1. The Balaban J connectivity index is 2.14. The highest BCUT2D eigenvalue weighted by Gasteiger charge is 2.20. The molecule has 0 radical (unpaired) electrons. The maximum atomic E-state index is 12.2. The van der Waals surface area contributed by atoms with Crippen molar-refractivity contribution >= 4 is 21.7 Å². The maximum absolute atomic E-state index is 12.2. The molecule has 8 nitrogen and oxygen atoms in total. The van der Waals surface area contributed by atoms with E-state index in [4.69, 9.17) is 4.18 Å². The van der Waals surface area contributed by atoms with Crippen LogP contribution in [0.4, 0.5) is 5.69 Å². The molecular weight excluding hydrogens is 360 g/mol. The van der Waals surface area contributed by atoms with E-state index >= 15 is 0 Å². The first kappa shape index (κ1) is 19.4. The van der Waals surface area contributed by atoms with Crippen LogP contribution in [0.15, 0.2) is 53.4 Å². The monoisotopic (exact) mass is 378 g/mol. The lowest BCUT2D eigenvalue weighted by molar-refractivity contribution is -0.385. The number of carbonyl (C=O) groups is 1. The summed E-state index contributed by atoms with van der Waals surface area (Å²) >= 11 is 0. The quantitative estimate of drug-likeness (QED) is 0.450. The third-order valence-electron chi connectivity index (χ3n) is 3.31. The number of hydrogen-bond donors (Lipinski definition) is 1.